The van der Waals surface area contributed by atoms with E-state index in [2.05, 4.69) is 21.2 Å². The van der Waals surface area contributed by atoms with E-state index in [-0.39, 0.29) is 5.91 Å². The van der Waals surface area contributed by atoms with E-state index < -0.39 is 0 Å². The van der Waals surface area contributed by atoms with Crippen LogP contribution >= 0.6 is 15.9 Å². The summed E-state index contributed by atoms with van der Waals surface area (Å²) in [6.07, 6.45) is 2.74. The molecule has 1 aromatic carbocycles. The summed E-state index contributed by atoms with van der Waals surface area (Å²) in [7, 11) is 3.19. The molecule has 0 heterocycles. The Morgan fingerprint density at radius 2 is 2.00 bits per heavy atom. The van der Waals surface area contributed by atoms with Crippen molar-refractivity contribution in [3.8, 4) is 11.5 Å². The van der Waals surface area contributed by atoms with Crippen molar-refractivity contribution >= 4 is 21.8 Å². The molecule has 110 valence electrons. The van der Waals surface area contributed by atoms with Crippen LogP contribution in [0.5, 0.6) is 11.5 Å². The van der Waals surface area contributed by atoms with Gasteiger partial charge in [-0.25, -0.2) is 0 Å². The molecule has 0 aromatic heterocycles. The van der Waals surface area contributed by atoms with E-state index in [1.165, 1.54) is 12.8 Å². The van der Waals surface area contributed by atoms with Crippen molar-refractivity contribution in [1.29, 1.82) is 0 Å². The number of carbonyl (C=O) groups is 1. The number of methoxy groups -OCH3 is 2. The normalized spacial score (nSPS) is 15.6. The van der Waals surface area contributed by atoms with Crippen LogP contribution in [-0.4, -0.2) is 32.0 Å². The smallest absolute Gasteiger partial charge is 0.224 e. The van der Waals surface area contributed by atoms with Gasteiger partial charge in [-0.2, -0.15) is 0 Å². The zero-order valence-electron chi connectivity index (χ0n) is 11.9. The van der Waals surface area contributed by atoms with Crippen molar-refractivity contribution in [3.63, 3.8) is 0 Å². The van der Waals surface area contributed by atoms with Crippen LogP contribution < -0.4 is 14.8 Å². The van der Waals surface area contributed by atoms with E-state index in [9.17, 15) is 4.79 Å². The maximum atomic E-state index is 12.0. The van der Waals surface area contributed by atoms with E-state index in [1.54, 1.807) is 14.2 Å². The predicted molar refractivity (Wildman–Crippen MR) is 81.7 cm³/mol. The lowest BCUT2D eigenvalue weighted by Gasteiger charge is -2.13. The molecule has 1 N–H and O–H groups in total. The number of hydrogen-bond acceptors (Lipinski definition) is 3. The minimum absolute atomic E-state index is 0.0458. The van der Waals surface area contributed by atoms with E-state index in [1.807, 2.05) is 18.2 Å². The molecule has 4 nitrogen and oxygen atoms in total. The second-order valence-corrected chi connectivity index (χ2v) is 5.84. The molecule has 0 bridgehead atoms. The molecular formula is C15H20BrNO3. The van der Waals surface area contributed by atoms with Crippen LogP contribution in [0.25, 0.3) is 0 Å². The van der Waals surface area contributed by atoms with Gasteiger partial charge in [0.2, 0.25) is 5.91 Å². The van der Waals surface area contributed by atoms with E-state index in [0.29, 0.717) is 23.3 Å². The van der Waals surface area contributed by atoms with Crippen molar-refractivity contribution in [2.24, 2.45) is 5.41 Å². The molecule has 1 aromatic rings. The Kier molecular flexibility index (Phi) is 4.91. The Labute approximate surface area is 128 Å². The molecule has 0 aliphatic heterocycles. The Hall–Kier alpha value is -1.23. The van der Waals surface area contributed by atoms with Crippen LogP contribution in [0, 0.1) is 5.41 Å². The van der Waals surface area contributed by atoms with Crippen LogP contribution in [0.1, 0.15) is 18.4 Å². The van der Waals surface area contributed by atoms with Crippen LogP contribution in [0.2, 0.25) is 0 Å². The fourth-order valence-corrected chi connectivity index (χ4v) is 2.82. The molecule has 0 atom stereocenters. The van der Waals surface area contributed by atoms with Gasteiger partial charge in [0.25, 0.3) is 0 Å². The lowest BCUT2D eigenvalue weighted by molar-refractivity contribution is -0.120. The van der Waals surface area contributed by atoms with Crippen LogP contribution in [0.15, 0.2) is 18.2 Å². The largest absolute Gasteiger partial charge is 0.493 e. The van der Waals surface area contributed by atoms with Crippen molar-refractivity contribution in [1.82, 2.24) is 5.32 Å². The maximum Gasteiger partial charge on any atom is 0.224 e. The van der Waals surface area contributed by atoms with Gasteiger partial charge in [0.1, 0.15) is 0 Å². The zero-order valence-corrected chi connectivity index (χ0v) is 13.5. The third-order valence-electron chi connectivity index (χ3n) is 3.71. The van der Waals surface area contributed by atoms with E-state index in [0.717, 1.165) is 17.4 Å². The summed E-state index contributed by atoms with van der Waals surface area (Å²) in [4.78, 5) is 12.0. The molecule has 1 fully saturated rings. The molecule has 5 heteroatoms. The summed E-state index contributed by atoms with van der Waals surface area (Å²) in [5.41, 5.74) is 1.22. The maximum absolute atomic E-state index is 12.0. The molecule has 0 unspecified atom stereocenters. The second-order valence-electron chi connectivity index (χ2n) is 5.28. The first-order valence-corrected chi connectivity index (χ1v) is 7.78. The molecular weight excluding hydrogens is 322 g/mol. The van der Waals surface area contributed by atoms with Crippen LogP contribution in [0.3, 0.4) is 0 Å². The van der Waals surface area contributed by atoms with E-state index in [4.69, 9.17) is 9.47 Å². The lowest BCUT2D eigenvalue weighted by Crippen LogP contribution is -2.32. The standard InChI is InChI=1S/C15H20BrNO3/c1-19-12-4-3-11(7-13(12)20-2)8-14(18)17-10-15(9-16)5-6-15/h3-4,7H,5-6,8-10H2,1-2H3,(H,17,18). The molecule has 0 saturated heterocycles. The fourth-order valence-electron chi connectivity index (χ4n) is 2.06. The van der Waals surface area contributed by atoms with Gasteiger partial charge in [0.05, 0.1) is 20.6 Å². The molecule has 20 heavy (non-hydrogen) atoms. The lowest BCUT2D eigenvalue weighted by atomic mass is 10.1. The monoisotopic (exact) mass is 341 g/mol. The molecule has 0 radical (unpaired) electrons. The Morgan fingerprint density at radius 1 is 1.30 bits per heavy atom. The minimum Gasteiger partial charge on any atom is -0.493 e. The fraction of sp³-hybridized carbons (Fsp3) is 0.533. The highest BCUT2D eigenvalue weighted by molar-refractivity contribution is 9.09. The second kappa shape index (κ2) is 6.48. The van der Waals surface area contributed by atoms with E-state index >= 15 is 0 Å². The van der Waals surface area contributed by atoms with Gasteiger partial charge in [-0.05, 0) is 36.0 Å². The summed E-state index contributed by atoms with van der Waals surface area (Å²) in [6, 6.07) is 5.55. The summed E-state index contributed by atoms with van der Waals surface area (Å²) in [5, 5.41) is 3.96. The van der Waals surface area contributed by atoms with Gasteiger partial charge in [-0.3, -0.25) is 4.79 Å². The number of benzene rings is 1. The molecule has 1 saturated carbocycles. The third kappa shape index (κ3) is 3.66. The number of amides is 1. The van der Waals surface area contributed by atoms with Crippen molar-refractivity contribution in [3.05, 3.63) is 23.8 Å². The van der Waals surface area contributed by atoms with Gasteiger partial charge >= 0.3 is 0 Å². The first-order valence-electron chi connectivity index (χ1n) is 6.66. The highest BCUT2D eigenvalue weighted by Gasteiger charge is 2.41. The average molecular weight is 342 g/mol. The minimum atomic E-state index is 0.0458. The number of rotatable bonds is 7. The van der Waals surface area contributed by atoms with Gasteiger partial charge in [-0.15, -0.1) is 0 Å². The number of nitrogens with one attached hydrogen (secondary N) is 1. The van der Waals surface area contributed by atoms with Gasteiger partial charge in [0, 0.05) is 11.9 Å². The Morgan fingerprint density at radius 3 is 2.55 bits per heavy atom. The van der Waals surface area contributed by atoms with Crippen molar-refractivity contribution in [2.75, 3.05) is 26.1 Å². The number of alkyl halides is 1. The SMILES string of the molecule is COc1ccc(CC(=O)NCC2(CBr)CC2)cc1OC. The molecule has 1 aliphatic rings. The predicted octanol–water partition coefficient (Wildman–Crippen LogP) is 2.54. The van der Waals surface area contributed by atoms with Crippen LogP contribution in [0.4, 0.5) is 0 Å². The van der Waals surface area contributed by atoms with Crippen molar-refractivity contribution in [2.45, 2.75) is 19.3 Å². The van der Waals surface area contributed by atoms with Gasteiger partial charge in [-0.1, -0.05) is 22.0 Å². The Balaban J connectivity index is 1.90. The molecule has 1 amide bonds. The van der Waals surface area contributed by atoms with Gasteiger partial charge < -0.3 is 14.8 Å². The van der Waals surface area contributed by atoms with Gasteiger partial charge in [0.15, 0.2) is 11.5 Å². The summed E-state index contributed by atoms with van der Waals surface area (Å²) >= 11 is 3.50. The highest BCUT2D eigenvalue weighted by atomic mass is 79.9. The highest BCUT2D eigenvalue weighted by Crippen LogP contribution is 2.46. The van der Waals surface area contributed by atoms with Crippen molar-refractivity contribution < 1.29 is 14.3 Å². The summed E-state index contributed by atoms with van der Waals surface area (Å²) in [5.74, 6) is 1.37. The van der Waals surface area contributed by atoms with Crippen LogP contribution in [-0.2, 0) is 11.2 Å². The summed E-state index contributed by atoms with van der Waals surface area (Å²) in [6.45, 7) is 0.754. The number of halogens is 1. The molecule has 2 rings (SSSR count). The number of ether oxygens (including phenoxy) is 2. The quantitative estimate of drug-likeness (QED) is 0.775. The Bertz CT molecular complexity index is 486. The average Bonchev–Trinajstić information content (AvgIpc) is 3.25. The topological polar surface area (TPSA) is 47.6 Å². The molecule has 0 spiro atoms. The first-order chi connectivity index (χ1) is 9.62. The molecule has 1 aliphatic carbocycles. The third-order valence-corrected chi connectivity index (χ3v) is 4.90. The number of hydrogen-bond donors (Lipinski definition) is 1. The zero-order chi connectivity index (χ0) is 14.6. The first kappa shape index (κ1) is 15.2. The summed E-state index contributed by atoms with van der Waals surface area (Å²) < 4.78 is 10.4. The number of carbonyl (C=O) groups excluding carboxylic acids is 1.